The van der Waals surface area contributed by atoms with E-state index >= 15 is 0 Å². The normalized spacial score (nSPS) is 54.0. The first-order valence-corrected chi connectivity index (χ1v) is 9.36. The van der Waals surface area contributed by atoms with Gasteiger partial charge in [-0.15, -0.1) is 23.2 Å². The van der Waals surface area contributed by atoms with Gasteiger partial charge in [0.05, 0.1) is 10.1 Å². The second kappa shape index (κ2) is 4.56. The molecule has 0 heterocycles. The van der Waals surface area contributed by atoms with Crippen molar-refractivity contribution >= 4 is 75.6 Å². The molecule has 3 saturated carbocycles. The van der Waals surface area contributed by atoms with Crippen molar-refractivity contribution in [2.45, 2.75) is 40.0 Å². The van der Waals surface area contributed by atoms with Crippen molar-refractivity contribution in [1.29, 1.82) is 0 Å². The quantitative estimate of drug-likeness (QED) is 0.335. The molecular formula is C14H12Cl6O2. The Morgan fingerprint density at radius 3 is 1.77 bits per heavy atom. The van der Waals surface area contributed by atoms with Crippen LogP contribution in [0.1, 0.15) is 19.8 Å². The first kappa shape index (κ1) is 16.4. The number of halogens is 6. The fraction of sp³-hybridized carbons (Fsp3) is 0.786. The van der Waals surface area contributed by atoms with Crippen LogP contribution in [0.25, 0.3) is 0 Å². The molecule has 0 aromatic heterocycles. The fourth-order valence-electron chi connectivity index (χ4n) is 5.35. The number of hydrogen-bond acceptors (Lipinski definition) is 2. The molecule has 0 aliphatic heterocycles. The predicted octanol–water partition coefficient (Wildman–Crippen LogP) is 5.04. The molecule has 4 rings (SSSR count). The first-order valence-electron chi connectivity index (χ1n) is 7.09. The van der Waals surface area contributed by atoms with Crippen molar-refractivity contribution < 1.29 is 9.53 Å². The van der Waals surface area contributed by atoms with Crippen LogP contribution in [0.4, 0.5) is 0 Å². The number of hydrogen-bond donors (Lipinski definition) is 0. The molecule has 0 N–H and O–H groups in total. The highest BCUT2D eigenvalue weighted by Gasteiger charge is 2.87. The van der Waals surface area contributed by atoms with E-state index in [2.05, 4.69) is 0 Å². The third-order valence-electron chi connectivity index (χ3n) is 5.95. The molecule has 4 bridgehead atoms. The van der Waals surface area contributed by atoms with Gasteiger partial charge in [-0.3, -0.25) is 4.79 Å². The Hall–Kier alpha value is 0.950. The van der Waals surface area contributed by atoms with Gasteiger partial charge in [-0.1, -0.05) is 46.4 Å². The average molecular weight is 425 g/mol. The zero-order valence-corrected chi connectivity index (χ0v) is 15.9. The maximum absolute atomic E-state index is 11.4. The Balaban J connectivity index is 1.87. The second-order valence-electron chi connectivity index (χ2n) is 6.66. The monoisotopic (exact) mass is 422 g/mol. The van der Waals surface area contributed by atoms with E-state index in [1.165, 1.54) is 6.92 Å². The lowest BCUT2D eigenvalue weighted by molar-refractivity contribution is -0.149. The van der Waals surface area contributed by atoms with Crippen LogP contribution in [0.5, 0.6) is 0 Å². The van der Waals surface area contributed by atoms with Crippen molar-refractivity contribution in [2.24, 2.45) is 23.7 Å². The lowest BCUT2D eigenvalue weighted by Gasteiger charge is -2.38. The summed E-state index contributed by atoms with van der Waals surface area (Å²) in [6.07, 6.45) is 1.55. The Bertz CT molecular complexity index is 576. The van der Waals surface area contributed by atoms with E-state index in [4.69, 9.17) is 74.3 Å². The Morgan fingerprint density at radius 1 is 1.00 bits per heavy atom. The van der Waals surface area contributed by atoms with Crippen LogP contribution in [0, 0.1) is 23.7 Å². The van der Waals surface area contributed by atoms with Gasteiger partial charge in [0.1, 0.15) is 15.9 Å². The van der Waals surface area contributed by atoms with Gasteiger partial charge in [-0.2, -0.15) is 0 Å². The number of esters is 1. The molecule has 2 nitrogen and oxygen atoms in total. The molecule has 6 atom stereocenters. The summed E-state index contributed by atoms with van der Waals surface area (Å²) in [7, 11) is 0. The lowest BCUT2D eigenvalue weighted by atomic mass is 9.73. The maximum Gasteiger partial charge on any atom is 0.302 e. The molecular weight excluding hydrogens is 413 g/mol. The maximum atomic E-state index is 11.4. The molecule has 0 aromatic carbocycles. The van der Waals surface area contributed by atoms with E-state index in [1.807, 2.05) is 0 Å². The van der Waals surface area contributed by atoms with E-state index in [0.717, 1.165) is 12.8 Å². The summed E-state index contributed by atoms with van der Waals surface area (Å²) in [6, 6.07) is 0. The van der Waals surface area contributed by atoms with Crippen molar-refractivity contribution in [2.75, 3.05) is 0 Å². The zero-order chi connectivity index (χ0) is 16.2. The summed E-state index contributed by atoms with van der Waals surface area (Å²) in [6.45, 7) is 1.40. The van der Waals surface area contributed by atoms with Gasteiger partial charge >= 0.3 is 5.97 Å². The molecule has 0 spiro atoms. The zero-order valence-electron chi connectivity index (χ0n) is 11.4. The SMILES string of the molecule is CC(=O)OC1[C@H]2CC[C@H]1[C@@H]1[C@@H]2[C@]2(Cl)C(Cl)=C(Cl)[C@]1(Cl)C2(Cl)Cl. The highest BCUT2D eigenvalue weighted by Crippen LogP contribution is 2.82. The van der Waals surface area contributed by atoms with Gasteiger partial charge in [0.25, 0.3) is 0 Å². The van der Waals surface area contributed by atoms with Crippen LogP contribution in [0.2, 0.25) is 0 Å². The van der Waals surface area contributed by atoms with Gasteiger partial charge < -0.3 is 4.74 Å². The van der Waals surface area contributed by atoms with Crippen LogP contribution in [-0.2, 0) is 9.53 Å². The minimum Gasteiger partial charge on any atom is -0.462 e. The first-order chi connectivity index (χ1) is 10.1. The molecule has 122 valence electrons. The van der Waals surface area contributed by atoms with Crippen LogP contribution in [0.15, 0.2) is 10.1 Å². The number of allylic oxidation sites excluding steroid dienone is 2. The summed E-state index contributed by atoms with van der Waals surface area (Å²) in [5.74, 6) is -0.519. The highest BCUT2D eigenvalue weighted by molar-refractivity contribution is 6.65. The molecule has 0 saturated heterocycles. The van der Waals surface area contributed by atoms with E-state index in [1.54, 1.807) is 0 Å². The highest BCUT2D eigenvalue weighted by atomic mass is 35.5. The number of ether oxygens (including phenoxy) is 1. The summed E-state index contributed by atoms with van der Waals surface area (Å²) in [4.78, 5) is 8.96. The Labute approximate surface area is 158 Å². The third kappa shape index (κ3) is 1.45. The van der Waals surface area contributed by atoms with Crippen LogP contribution in [0.3, 0.4) is 0 Å². The summed E-state index contributed by atoms with van der Waals surface area (Å²) in [5.41, 5.74) is 0. The van der Waals surface area contributed by atoms with Gasteiger partial charge in [-0.25, -0.2) is 0 Å². The number of fused-ring (bicyclic) bond motifs is 9. The fourth-order valence-corrected chi connectivity index (χ4v) is 8.49. The standard InChI is InChI=1S/C14H12Cl6O2/c1-4(21)22-9-5-2-3-6(9)8-7(5)12(17)10(15)11(16)13(8,18)14(12,19)20/h5-9H,2-3H2,1H3/t5-,6-,7+,8+,12-,13-/m0/s1. The van der Waals surface area contributed by atoms with E-state index in [9.17, 15) is 4.79 Å². The number of carbonyl (C=O) groups excluding carboxylic acids is 1. The van der Waals surface area contributed by atoms with Gasteiger partial charge in [-0.05, 0) is 24.7 Å². The minimum absolute atomic E-state index is 0.0485. The summed E-state index contributed by atoms with van der Waals surface area (Å²) < 4.78 is 4.05. The van der Waals surface area contributed by atoms with Gasteiger partial charge in [0.2, 0.25) is 0 Å². The number of alkyl halides is 4. The van der Waals surface area contributed by atoms with Crippen molar-refractivity contribution in [3.63, 3.8) is 0 Å². The smallest absolute Gasteiger partial charge is 0.302 e. The van der Waals surface area contributed by atoms with Crippen LogP contribution in [-0.4, -0.2) is 26.2 Å². The molecule has 8 heteroatoms. The average Bonchev–Trinajstić information content (AvgIpc) is 3.02. The van der Waals surface area contributed by atoms with Crippen molar-refractivity contribution in [1.82, 2.24) is 0 Å². The number of rotatable bonds is 1. The third-order valence-corrected chi connectivity index (χ3v) is 10.2. The molecule has 4 aliphatic rings. The van der Waals surface area contributed by atoms with Gasteiger partial charge in [0.15, 0.2) is 4.33 Å². The minimum atomic E-state index is -1.49. The van der Waals surface area contributed by atoms with E-state index in [-0.39, 0.29) is 45.8 Å². The predicted molar refractivity (Wildman–Crippen MR) is 89.1 cm³/mol. The van der Waals surface area contributed by atoms with Crippen LogP contribution >= 0.6 is 69.6 Å². The van der Waals surface area contributed by atoms with E-state index < -0.39 is 14.1 Å². The molecule has 0 aromatic rings. The van der Waals surface area contributed by atoms with Crippen molar-refractivity contribution in [3.05, 3.63) is 10.1 Å². The molecule has 4 aliphatic carbocycles. The Kier molecular flexibility index (Phi) is 3.41. The van der Waals surface area contributed by atoms with Crippen LogP contribution < -0.4 is 0 Å². The number of carbonyl (C=O) groups is 1. The summed E-state index contributed by atoms with van der Waals surface area (Å²) in [5, 5.41) is 0.456. The Morgan fingerprint density at radius 2 is 1.41 bits per heavy atom. The molecule has 22 heavy (non-hydrogen) atoms. The van der Waals surface area contributed by atoms with Gasteiger partial charge in [0, 0.05) is 18.8 Å². The second-order valence-corrected chi connectivity index (χ2v) is 9.93. The molecule has 0 radical (unpaired) electrons. The lowest BCUT2D eigenvalue weighted by Crippen LogP contribution is -2.47. The molecule has 3 fully saturated rings. The molecule has 0 amide bonds. The molecule has 0 unspecified atom stereocenters. The van der Waals surface area contributed by atoms with E-state index in [0.29, 0.717) is 0 Å². The largest absolute Gasteiger partial charge is 0.462 e. The topological polar surface area (TPSA) is 26.3 Å². The van der Waals surface area contributed by atoms with Crippen molar-refractivity contribution in [3.8, 4) is 0 Å². The summed E-state index contributed by atoms with van der Waals surface area (Å²) >= 11 is 39.7.